The molecule has 2 aromatic rings. The van der Waals surface area contributed by atoms with Crippen LogP contribution in [0, 0.1) is 5.82 Å². The molecule has 12 heteroatoms. The molecule has 0 spiro atoms. The Morgan fingerprint density at radius 2 is 1.74 bits per heavy atom. The summed E-state index contributed by atoms with van der Waals surface area (Å²) in [5.74, 6) is -1.67. The molecule has 0 aliphatic heterocycles. The van der Waals surface area contributed by atoms with Crippen molar-refractivity contribution in [2.75, 3.05) is 13.2 Å². The van der Waals surface area contributed by atoms with Gasteiger partial charge < -0.3 is 15.2 Å². The second kappa shape index (κ2) is 10.1. The average molecular weight is 464 g/mol. The summed E-state index contributed by atoms with van der Waals surface area (Å²) in [5.41, 5.74) is -0.848. The molecule has 2 atom stereocenters. The molecule has 1 amide bonds. The first-order valence-electron chi connectivity index (χ1n) is 8.93. The Labute approximate surface area is 176 Å². The number of nitrogens with one attached hydrogen (secondary N) is 2. The van der Waals surface area contributed by atoms with Gasteiger partial charge in [-0.1, -0.05) is 12.1 Å². The summed E-state index contributed by atoms with van der Waals surface area (Å²) in [5, 5.41) is 12.2. The third kappa shape index (κ3) is 7.19. The highest BCUT2D eigenvalue weighted by atomic mass is 32.2. The van der Waals surface area contributed by atoms with Gasteiger partial charge in [-0.05, 0) is 43.3 Å². The third-order valence-electron chi connectivity index (χ3n) is 3.99. The topological polar surface area (TPSA) is 105 Å². The summed E-state index contributed by atoms with van der Waals surface area (Å²) >= 11 is 0. The number of rotatable bonds is 9. The zero-order valence-corrected chi connectivity index (χ0v) is 17.0. The van der Waals surface area contributed by atoms with Crippen molar-refractivity contribution in [3.63, 3.8) is 0 Å². The van der Waals surface area contributed by atoms with Crippen LogP contribution >= 0.6 is 0 Å². The van der Waals surface area contributed by atoms with Crippen molar-refractivity contribution in [1.29, 1.82) is 0 Å². The molecule has 0 fully saturated rings. The van der Waals surface area contributed by atoms with Crippen LogP contribution in [-0.4, -0.2) is 44.7 Å². The van der Waals surface area contributed by atoms with Crippen molar-refractivity contribution in [3.8, 4) is 5.75 Å². The summed E-state index contributed by atoms with van der Waals surface area (Å²) < 4.78 is 82.8. The molecule has 3 N–H and O–H groups in total. The number of hydrogen-bond donors (Lipinski definition) is 3. The predicted octanol–water partition coefficient (Wildman–Crippen LogP) is 2.07. The highest BCUT2D eigenvalue weighted by molar-refractivity contribution is 7.89. The Kier molecular flexibility index (Phi) is 7.98. The fourth-order valence-corrected chi connectivity index (χ4v) is 3.66. The molecule has 2 aromatic carbocycles. The van der Waals surface area contributed by atoms with Gasteiger partial charge in [-0.25, -0.2) is 12.8 Å². The minimum Gasteiger partial charge on any atom is -0.491 e. The molecule has 0 heterocycles. The van der Waals surface area contributed by atoms with Gasteiger partial charge in [0.1, 0.15) is 29.2 Å². The summed E-state index contributed by atoms with van der Waals surface area (Å²) in [4.78, 5) is 11.4. The van der Waals surface area contributed by atoms with Crippen molar-refractivity contribution < 1.29 is 40.6 Å². The lowest BCUT2D eigenvalue weighted by molar-refractivity contribution is -0.137. The normalized spacial score (nSPS) is 14.0. The van der Waals surface area contributed by atoms with Gasteiger partial charge in [0.15, 0.2) is 0 Å². The molecular weight excluding hydrogens is 444 g/mol. The van der Waals surface area contributed by atoms with Gasteiger partial charge in [-0.2, -0.15) is 17.9 Å². The number of halogens is 4. The number of ether oxygens (including phenoxy) is 1. The zero-order valence-electron chi connectivity index (χ0n) is 16.2. The van der Waals surface area contributed by atoms with Crippen molar-refractivity contribution in [3.05, 3.63) is 59.9 Å². The van der Waals surface area contributed by atoms with Crippen LogP contribution in [0.5, 0.6) is 5.75 Å². The van der Waals surface area contributed by atoms with E-state index in [1.54, 1.807) is 0 Å². The maximum atomic E-state index is 13.7. The maximum Gasteiger partial charge on any atom is 0.416 e. The van der Waals surface area contributed by atoms with Crippen LogP contribution in [0.25, 0.3) is 0 Å². The fraction of sp³-hybridized carbons (Fsp3) is 0.316. The van der Waals surface area contributed by atoms with E-state index >= 15 is 0 Å². The molecular formula is C19H20F4N2O5S. The Morgan fingerprint density at radius 1 is 1.13 bits per heavy atom. The van der Waals surface area contributed by atoms with E-state index in [0.29, 0.717) is 0 Å². The highest BCUT2D eigenvalue weighted by Gasteiger charge is 2.30. The molecule has 0 aliphatic rings. The highest BCUT2D eigenvalue weighted by Crippen LogP contribution is 2.30. The molecule has 7 nitrogen and oxygen atoms in total. The number of benzene rings is 2. The smallest absolute Gasteiger partial charge is 0.416 e. The van der Waals surface area contributed by atoms with Gasteiger partial charge in [0.2, 0.25) is 15.9 Å². The molecule has 170 valence electrons. The molecule has 0 aromatic heterocycles. The largest absolute Gasteiger partial charge is 0.491 e. The van der Waals surface area contributed by atoms with Crippen LogP contribution in [0.2, 0.25) is 0 Å². The fourth-order valence-electron chi connectivity index (χ4n) is 2.38. The predicted molar refractivity (Wildman–Crippen MR) is 102 cm³/mol. The van der Waals surface area contributed by atoms with E-state index in [2.05, 4.69) is 5.32 Å². The van der Waals surface area contributed by atoms with Crippen LogP contribution in [0.1, 0.15) is 12.5 Å². The van der Waals surface area contributed by atoms with Crippen LogP contribution < -0.4 is 14.8 Å². The lowest BCUT2D eigenvalue weighted by Gasteiger charge is -2.17. The SMILES string of the molecule is C[C@H](NS(=O)(=O)c1ccccc1F)C(=O)NCC(O)COc1ccc(C(F)(F)F)cc1. The summed E-state index contributed by atoms with van der Waals surface area (Å²) in [6.07, 6.45) is -5.70. The van der Waals surface area contributed by atoms with Crippen molar-refractivity contribution in [2.24, 2.45) is 0 Å². The van der Waals surface area contributed by atoms with Gasteiger partial charge in [0, 0.05) is 6.54 Å². The lowest BCUT2D eigenvalue weighted by Crippen LogP contribution is -2.47. The van der Waals surface area contributed by atoms with Crippen LogP contribution in [0.15, 0.2) is 53.4 Å². The maximum absolute atomic E-state index is 13.7. The minimum absolute atomic E-state index is 0.0874. The van der Waals surface area contributed by atoms with E-state index in [1.165, 1.54) is 19.1 Å². The van der Waals surface area contributed by atoms with Gasteiger partial charge in [-0.15, -0.1) is 0 Å². The molecule has 31 heavy (non-hydrogen) atoms. The quantitative estimate of drug-likeness (QED) is 0.493. The Morgan fingerprint density at radius 3 is 2.32 bits per heavy atom. The number of sulfonamides is 1. The van der Waals surface area contributed by atoms with Crippen LogP contribution in [-0.2, 0) is 21.0 Å². The molecule has 0 saturated carbocycles. The van der Waals surface area contributed by atoms with Gasteiger partial charge in [0.05, 0.1) is 11.6 Å². The summed E-state index contributed by atoms with van der Waals surface area (Å²) in [6, 6.07) is 7.22. The van der Waals surface area contributed by atoms with E-state index in [1.807, 2.05) is 4.72 Å². The molecule has 1 unspecified atom stereocenters. The average Bonchev–Trinajstić information content (AvgIpc) is 2.69. The third-order valence-corrected chi connectivity index (χ3v) is 5.56. The lowest BCUT2D eigenvalue weighted by atomic mass is 10.2. The number of carbonyl (C=O) groups excluding carboxylic acids is 1. The number of hydrogen-bond acceptors (Lipinski definition) is 5. The minimum atomic E-state index is -4.48. The standard InChI is InChI=1S/C19H20F4N2O5S/c1-12(25-31(28,29)17-5-3-2-4-16(17)20)18(27)24-10-14(26)11-30-15-8-6-13(7-9-15)19(21,22)23/h2-9,12,14,25-26H,10-11H2,1H3,(H,24,27)/t12-,14?/m0/s1. The van der Waals surface area contributed by atoms with Crippen LogP contribution in [0.4, 0.5) is 17.6 Å². The van der Waals surface area contributed by atoms with Crippen molar-refractivity contribution in [1.82, 2.24) is 10.0 Å². The van der Waals surface area contributed by atoms with E-state index < -0.39 is 50.5 Å². The van der Waals surface area contributed by atoms with Crippen molar-refractivity contribution in [2.45, 2.75) is 30.1 Å². The van der Waals surface area contributed by atoms with Crippen LogP contribution in [0.3, 0.4) is 0 Å². The monoisotopic (exact) mass is 464 g/mol. The first-order chi connectivity index (χ1) is 14.4. The summed E-state index contributed by atoms with van der Waals surface area (Å²) in [7, 11) is -4.29. The number of amides is 1. The Hall–Kier alpha value is -2.70. The first-order valence-corrected chi connectivity index (χ1v) is 10.4. The molecule has 2 rings (SSSR count). The van der Waals surface area contributed by atoms with E-state index in [9.17, 15) is 35.9 Å². The first kappa shape index (κ1) is 24.6. The number of aliphatic hydroxyl groups excluding tert-OH is 1. The number of aliphatic hydroxyl groups is 1. The Balaban J connectivity index is 1.81. The van der Waals surface area contributed by atoms with E-state index in [0.717, 1.165) is 36.4 Å². The second-order valence-corrected chi connectivity index (χ2v) is 8.19. The zero-order chi connectivity index (χ0) is 23.2. The van der Waals surface area contributed by atoms with E-state index in [4.69, 9.17) is 4.74 Å². The summed E-state index contributed by atoms with van der Waals surface area (Å²) in [6.45, 7) is 0.588. The van der Waals surface area contributed by atoms with Gasteiger partial charge in [-0.3, -0.25) is 4.79 Å². The molecule has 0 bridgehead atoms. The molecule has 0 saturated heterocycles. The Bertz CT molecular complexity index is 997. The molecule has 0 aliphatic carbocycles. The number of alkyl halides is 3. The van der Waals surface area contributed by atoms with E-state index in [-0.39, 0.29) is 18.9 Å². The number of carbonyl (C=O) groups is 1. The second-order valence-electron chi connectivity index (χ2n) is 6.51. The van der Waals surface area contributed by atoms with Crippen molar-refractivity contribution >= 4 is 15.9 Å². The van der Waals surface area contributed by atoms with Gasteiger partial charge in [0.25, 0.3) is 0 Å². The molecule has 0 radical (unpaired) electrons. The van der Waals surface area contributed by atoms with Gasteiger partial charge >= 0.3 is 6.18 Å².